The second-order valence-corrected chi connectivity index (χ2v) is 6.01. The van der Waals surface area contributed by atoms with Gasteiger partial charge in [0.25, 0.3) is 0 Å². The zero-order valence-electron chi connectivity index (χ0n) is 10.2. The molecule has 1 atom stereocenters. The first kappa shape index (κ1) is 13.7. The number of piperidine rings is 1. The van der Waals surface area contributed by atoms with Crippen molar-refractivity contribution in [1.29, 1.82) is 0 Å². The van der Waals surface area contributed by atoms with E-state index in [-0.39, 0.29) is 6.03 Å². The number of benzene rings is 1. The fraction of sp³-hybridized carbons (Fsp3) is 0.462. The quantitative estimate of drug-likeness (QED) is 0.814. The zero-order valence-corrected chi connectivity index (χ0v) is 12.6. The summed E-state index contributed by atoms with van der Waals surface area (Å²) in [4.78, 5) is 13.9. The van der Waals surface area contributed by atoms with Crippen molar-refractivity contribution < 1.29 is 4.79 Å². The van der Waals surface area contributed by atoms with Crippen LogP contribution >= 0.6 is 27.5 Å². The van der Waals surface area contributed by atoms with Gasteiger partial charge in [0, 0.05) is 23.2 Å². The molecule has 1 aromatic rings. The van der Waals surface area contributed by atoms with Crippen LogP contribution in [-0.2, 0) is 0 Å². The second kappa shape index (κ2) is 5.93. The zero-order chi connectivity index (χ0) is 13.1. The molecule has 1 fully saturated rings. The minimum Gasteiger partial charge on any atom is -0.324 e. The van der Waals surface area contributed by atoms with Gasteiger partial charge in [-0.1, -0.05) is 18.5 Å². The van der Waals surface area contributed by atoms with E-state index in [1.54, 1.807) is 12.1 Å². The van der Waals surface area contributed by atoms with Gasteiger partial charge in [0.05, 0.1) is 5.02 Å². The summed E-state index contributed by atoms with van der Waals surface area (Å²) in [5.41, 5.74) is 0.759. The van der Waals surface area contributed by atoms with E-state index >= 15 is 0 Å². The summed E-state index contributed by atoms with van der Waals surface area (Å²) in [5.74, 6) is 0.585. The number of nitrogens with one attached hydrogen (secondary N) is 1. The minimum atomic E-state index is -0.0317. The van der Waals surface area contributed by atoms with E-state index in [4.69, 9.17) is 11.6 Å². The maximum Gasteiger partial charge on any atom is 0.321 e. The average Bonchev–Trinajstić information content (AvgIpc) is 2.34. The lowest BCUT2D eigenvalue weighted by molar-refractivity contribution is 0.182. The maximum absolute atomic E-state index is 12.1. The Labute approximate surface area is 121 Å². The third-order valence-electron chi connectivity index (χ3n) is 3.12. The van der Waals surface area contributed by atoms with Crippen molar-refractivity contribution in [2.24, 2.45) is 5.92 Å². The van der Waals surface area contributed by atoms with Crippen molar-refractivity contribution in [2.75, 3.05) is 18.4 Å². The lowest BCUT2D eigenvalue weighted by Crippen LogP contribution is -2.41. The number of anilines is 1. The molecule has 0 radical (unpaired) electrons. The van der Waals surface area contributed by atoms with E-state index in [0.29, 0.717) is 10.9 Å². The van der Waals surface area contributed by atoms with Crippen LogP contribution in [0.5, 0.6) is 0 Å². The highest BCUT2D eigenvalue weighted by atomic mass is 79.9. The van der Waals surface area contributed by atoms with Gasteiger partial charge in [0.1, 0.15) is 0 Å². The summed E-state index contributed by atoms with van der Waals surface area (Å²) in [6.45, 7) is 3.85. The molecule has 0 aromatic heterocycles. The molecule has 1 aliphatic heterocycles. The molecule has 1 aliphatic rings. The van der Waals surface area contributed by atoms with Crippen LogP contribution in [0.4, 0.5) is 10.5 Å². The van der Waals surface area contributed by atoms with Crippen molar-refractivity contribution in [3.05, 3.63) is 27.7 Å². The van der Waals surface area contributed by atoms with Gasteiger partial charge in [-0.05, 0) is 52.9 Å². The van der Waals surface area contributed by atoms with Gasteiger partial charge in [-0.3, -0.25) is 0 Å². The number of halogens is 2. The van der Waals surface area contributed by atoms with Crippen LogP contribution in [0.3, 0.4) is 0 Å². The van der Waals surface area contributed by atoms with E-state index in [0.717, 1.165) is 29.7 Å². The number of nitrogens with zero attached hydrogens (tertiary/aromatic N) is 1. The van der Waals surface area contributed by atoms with Crippen LogP contribution in [0.1, 0.15) is 19.8 Å². The molecule has 0 saturated carbocycles. The first-order valence-electron chi connectivity index (χ1n) is 6.07. The van der Waals surface area contributed by atoms with E-state index in [1.165, 1.54) is 6.42 Å². The van der Waals surface area contributed by atoms with Gasteiger partial charge >= 0.3 is 6.03 Å². The summed E-state index contributed by atoms with van der Waals surface area (Å²) < 4.78 is 0.786. The minimum absolute atomic E-state index is 0.0317. The largest absolute Gasteiger partial charge is 0.324 e. The molecule has 0 bridgehead atoms. The molecule has 0 aliphatic carbocycles. The monoisotopic (exact) mass is 330 g/mol. The normalized spacial score (nSPS) is 19.7. The standard InChI is InChI=1S/C13H16BrClN2O/c1-9-3-2-6-17(8-9)13(18)16-10-4-5-12(15)11(14)7-10/h4-5,7,9H,2-3,6,8H2,1H3,(H,16,18). The number of urea groups is 1. The molecule has 5 heteroatoms. The van der Waals surface area contributed by atoms with Crippen LogP contribution in [0.25, 0.3) is 0 Å². The van der Waals surface area contributed by atoms with Crippen molar-refractivity contribution >= 4 is 39.2 Å². The summed E-state index contributed by atoms with van der Waals surface area (Å²) in [5, 5.41) is 3.54. The molecule has 1 N–H and O–H groups in total. The summed E-state index contributed by atoms with van der Waals surface area (Å²) in [6.07, 6.45) is 2.29. The van der Waals surface area contributed by atoms with Gasteiger partial charge in [0.15, 0.2) is 0 Å². The molecule has 2 rings (SSSR count). The molecule has 1 heterocycles. The molecule has 1 aromatic carbocycles. The highest BCUT2D eigenvalue weighted by Gasteiger charge is 2.20. The van der Waals surface area contributed by atoms with Gasteiger partial charge in [-0.15, -0.1) is 0 Å². The van der Waals surface area contributed by atoms with Crippen molar-refractivity contribution in [2.45, 2.75) is 19.8 Å². The van der Waals surface area contributed by atoms with Crippen LogP contribution in [0.15, 0.2) is 22.7 Å². The number of hydrogen-bond donors (Lipinski definition) is 1. The van der Waals surface area contributed by atoms with Gasteiger partial charge in [-0.2, -0.15) is 0 Å². The highest BCUT2D eigenvalue weighted by molar-refractivity contribution is 9.10. The summed E-state index contributed by atoms with van der Waals surface area (Å²) >= 11 is 9.26. The van der Waals surface area contributed by atoms with Gasteiger partial charge in [-0.25, -0.2) is 4.79 Å². The Bertz CT molecular complexity index is 453. The maximum atomic E-state index is 12.1. The topological polar surface area (TPSA) is 32.3 Å². The van der Waals surface area contributed by atoms with Crippen LogP contribution in [0.2, 0.25) is 5.02 Å². The van der Waals surface area contributed by atoms with Crippen LogP contribution in [-0.4, -0.2) is 24.0 Å². The van der Waals surface area contributed by atoms with Crippen molar-refractivity contribution in [1.82, 2.24) is 4.90 Å². The molecule has 98 valence electrons. The van der Waals surface area contributed by atoms with Crippen molar-refractivity contribution in [3.8, 4) is 0 Å². The lowest BCUT2D eigenvalue weighted by atomic mass is 10.0. The Morgan fingerprint density at radius 3 is 3.00 bits per heavy atom. The van der Waals surface area contributed by atoms with Crippen LogP contribution < -0.4 is 5.32 Å². The Morgan fingerprint density at radius 1 is 1.56 bits per heavy atom. The average molecular weight is 332 g/mol. The SMILES string of the molecule is CC1CCCN(C(=O)Nc2ccc(Cl)c(Br)c2)C1. The third kappa shape index (κ3) is 3.39. The molecular formula is C13H16BrClN2O. The number of likely N-dealkylation sites (tertiary alicyclic amines) is 1. The van der Waals surface area contributed by atoms with E-state index in [2.05, 4.69) is 28.2 Å². The van der Waals surface area contributed by atoms with Gasteiger partial charge < -0.3 is 10.2 Å². The number of amides is 2. The Hall–Kier alpha value is -0.740. The lowest BCUT2D eigenvalue weighted by Gasteiger charge is -2.30. The second-order valence-electron chi connectivity index (χ2n) is 4.75. The molecule has 18 heavy (non-hydrogen) atoms. The highest BCUT2D eigenvalue weighted by Crippen LogP contribution is 2.26. The summed E-state index contributed by atoms with van der Waals surface area (Å²) in [7, 11) is 0. The molecule has 2 amide bonds. The molecular weight excluding hydrogens is 316 g/mol. The third-order valence-corrected chi connectivity index (χ3v) is 4.33. The molecule has 1 saturated heterocycles. The first-order valence-corrected chi connectivity index (χ1v) is 7.24. The fourth-order valence-corrected chi connectivity index (χ4v) is 2.65. The Morgan fingerprint density at radius 2 is 2.33 bits per heavy atom. The van der Waals surface area contributed by atoms with Crippen LogP contribution in [0, 0.1) is 5.92 Å². The van der Waals surface area contributed by atoms with Crippen molar-refractivity contribution in [3.63, 3.8) is 0 Å². The van der Waals surface area contributed by atoms with E-state index in [1.807, 2.05) is 11.0 Å². The Balaban J connectivity index is 2.00. The predicted molar refractivity (Wildman–Crippen MR) is 78.1 cm³/mol. The van der Waals surface area contributed by atoms with E-state index in [9.17, 15) is 4.79 Å². The number of carbonyl (C=O) groups excluding carboxylic acids is 1. The number of hydrogen-bond acceptors (Lipinski definition) is 1. The fourth-order valence-electron chi connectivity index (χ4n) is 2.15. The predicted octanol–water partition coefficient (Wildman–Crippen LogP) is 4.37. The molecule has 1 unspecified atom stereocenters. The molecule has 3 nitrogen and oxygen atoms in total. The smallest absolute Gasteiger partial charge is 0.321 e. The summed E-state index contributed by atoms with van der Waals surface area (Å²) in [6, 6.07) is 5.35. The number of rotatable bonds is 1. The first-order chi connectivity index (χ1) is 8.56. The Kier molecular flexibility index (Phi) is 4.51. The molecule has 0 spiro atoms. The van der Waals surface area contributed by atoms with E-state index < -0.39 is 0 Å². The number of carbonyl (C=O) groups is 1. The van der Waals surface area contributed by atoms with Gasteiger partial charge in [0.2, 0.25) is 0 Å².